The smallest absolute Gasteiger partial charge is 1.00 e. The van der Waals surface area contributed by atoms with Gasteiger partial charge in [0.05, 0.1) is 0 Å². The van der Waals surface area contributed by atoms with Crippen molar-refractivity contribution in [1.82, 2.24) is 0 Å². The fourth-order valence-electron chi connectivity index (χ4n) is 2.46. The number of unbranched alkanes of at least 4 members (excludes halogenated alkanes) is 1. The Bertz CT molecular complexity index is 408. The fourth-order valence-corrected chi connectivity index (χ4v) is 8.97. The summed E-state index contributed by atoms with van der Waals surface area (Å²) < 4.78 is 6.20. The third kappa shape index (κ3) is 5.05. The Kier molecular flexibility index (Phi) is 7.95. The number of allylic oxidation sites excluding steroid dienone is 9. The summed E-state index contributed by atoms with van der Waals surface area (Å²) in [4.78, 5) is 0. The van der Waals surface area contributed by atoms with Crippen molar-refractivity contribution in [1.29, 1.82) is 0 Å². The van der Waals surface area contributed by atoms with Gasteiger partial charge in [0.2, 0.25) is 0 Å². The fraction of sp³-hybridized carbons (Fsp3) is 0.412. The zero-order valence-corrected chi connectivity index (χ0v) is 15.2. The maximum absolute atomic E-state index is 2.69. The van der Waals surface area contributed by atoms with E-state index < -0.39 is 21.8 Å². The van der Waals surface area contributed by atoms with Gasteiger partial charge in [-0.1, -0.05) is 0 Å². The minimum Gasteiger partial charge on any atom is -1.00 e. The summed E-state index contributed by atoms with van der Waals surface area (Å²) in [5.41, 5.74) is 1.63. The van der Waals surface area contributed by atoms with E-state index in [9.17, 15) is 0 Å². The van der Waals surface area contributed by atoms with Crippen LogP contribution in [0.3, 0.4) is 0 Å². The molecule has 2 aliphatic rings. The molecule has 2 heteroatoms. The average Bonchev–Trinajstić information content (AvgIpc) is 3.05. The second kappa shape index (κ2) is 8.93. The first-order valence-electron chi connectivity index (χ1n) is 7.07. The SMILES string of the molecule is CCCC/C(C)=[CH]/[Zr+]([C]1=CC=CC1)[C]1=CC=CC1.[Cl-]. The molecule has 0 fully saturated rings. The van der Waals surface area contributed by atoms with Crippen molar-refractivity contribution in [2.24, 2.45) is 0 Å². The van der Waals surface area contributed by atoms with Gasteiger partial charge < -0.3 is 12.4 Å². The first kappa shape index (κ1) is 16.9. The van der Waals surface area contributed by atoms with Crippen LogP contribution in [0.25, 0.3) is 0 Å². The second-order valence-corrected chi connectivity index (χ2v) is 11.1. The van der Waals surface area contributed by atoms with E-state index in [1.165, 1.54) is 32.1 Å². The van der Waals surface area contributed by atoms with Gasteiger partial charge in [-0.3, -0.25) is 0 Å². The van der Waals surface area contributed by atoms with E-state index in [0.29, 0.717) is 0 Å². The van der Waals surface area contributed by atoms with E-state index in [2.05, 4.69) is 54.1 Å². The van der Waals surface area contributed by atoms with Crippen molar-refractivity contribution in [3.8, 4) is 0 Å². The van der Waals surface area contributed by atoms with Gasteiger partial charge in [-0.05, 0) is 0 Å². The quantitative estimate of drug-likeness (QED) is 0.687. The first-order chi connectivity index (χ1) is 8.81. The molecule has 102 valence electrons. The Morgan fingerprint density at radius 3 is 2.16 bits per heavy atom. The minimum atomic E-state index is -1.64. The summed E-state index contributed by atoms with van der Waals surface area (Å²) in [5, 5.41) is 0. The van der Waals surface area contributed by atoms with Gasteiger partial charge >= 0.3 is 120 Å². The Morgan fingerprint density at radius 1 is 1.16 bits per heavy atom. The average molecular weight is 354 g/mol. The maximum Gasteiger partial charge on any atom is -1.00 e. The number of rotatable bonds is 6. The number of hydrogen-bond acceptors (Lipinski definition) is 0. The van der Waals surface area contributed by atoms with Crippen molar-refractivity contribution in [3.05, 3.63) is 52.4 Å². The van der Waals surface area contributed by atoms with Crippen LogP contribution in [0, 0.1) is 0 Å². The van der Waals surface area contributed by atoms with Crippen LogP contribution in [-0.2, 0) is 21.8 Å². The summed E-state index contributed by atoms with van der Waals surface area (Å²) in [7, 11) is 0. The van der Waals surface area contributed by atoms with Gasteiger partial charge in [-0.25, -0.2) is 0 Å². The molecular formula is C17H23ClZr. The van der Waals surface area contributed by atoms with Gasteiger partial charge in [0.15, 0.2) is 0 Å². The first-order valence-corrected chi connectivity index (χ1v) is 10.9. The van der Waals surface area contributed by atoms with Gasteiger partial charge in [-0.15, -0.1) is 0 Å². The normalized spacial score (nSPS) is 17.3. The van der Waals surface area contributed by atoms with Crippen LogP contribution in [0.15, 0.2) is 52.4 Å². The van der Waals surface area contributed by atoms with Crippen molar-refractivity contribution in [2.75, 3.05) is 0 Å². The Morgan fingerprint density at radius 2 is 1.74 bits per heavy atom. The van der Waals surface area contributed by atoms with Crippen LogP contribution in [0.1, 0.15) is 46.0 Å². The van der Waals surface area contributed by atoms with Gasteiger partial charge in [0.1, 0.15) is 0 Å². The monoisotopic (exact) mass is 352 g/mol. The summed E-state index contributed by atoms with van der Waals surface area (Å²) in [5.74, 6) is 0. The summed E-state index contributed by atoms with van der Waals surface area (Å²) in [6, 6.07) is 0. The Balaban J connectivity index is 0.00000180. The summed E-state index contributed by atoms with van der Waals surface area (Å²) in [6.45, 7) is 4.61. The molecule has 19 heavy (non-hydrogen) atoms. The molecule has 0 radical (unpaired) electrons. The molecule has 0 amide bonds. The van der Waals surface area contributed by atoms with Gasteiger partial charge in [0.25, 0.3) is 0 Å². The third-order valence-electron chi connectivity index (χ3n) is 3.55. The molecule has 0 N–H and O–H groups in total. The molecule has 0 heterocycles. The predicted octanol–water partition coefficient (Wildman–Crippen LogP) is 2.39. The Labute approximate surface area is 132 Å². The van der Waals surface area contributed by atoms with Crippen LogP contribution < -0.4 is 12.4 Å². The minimum absolute atomic E-state index is 0. The van der Waals surface area contributed by atoms with Crippen LogP contribution in [0.2, 0.25) is 0 Å². The molecule has 0 atom stereocenters. The molecule has 0 aromatic heterocycles. The van der Waals surface area contributed by atoms with Crippen LogP contribution in [0.5, 0.6) is 0 Å². The molecule has 2 aliphatic carbocycles. The molecule has 0 unspecified atom stereocenters. The van der Waals surface area contributed by atoms with Crippen molar-refractivity contribution in [3.63, 3.8) is 0 Å². The molecule has 0 saturated carbocycles. The van der Waals surface area contributed by atoms with Crippen molar-refractivity contribution >= 4 is 0 Å². The zero-order chi connectivity index (χ0) is 12.8. The van der Waals surface area contributed by atoms with Crippen molar-refractivity contribution < 1.29 is 34.2 Å². The van der Waals surface area contributed by atoms with Gasteiger partial charge in [0, 0.05) is 0 Å². The van der Waals surface area contributed by atoms with E-state index in [1.807, 2.05) is 0 Å². The standard InChI is InChI=1S/C7H13.2C5H5.ClH.Zr/c1-4-5-6-7(2)3;2*1-2-4-5-3-1;;/h2H,4-6H2,1,3H3;2*1-3H,4H2;1H;/q;;;;+1/p-1. The van der Waals surface area contributed by atoms with E-state index in [1.54, 1.807) is 12.1 Å². The molecular weight excluding hydrogens is 331 g/mol. The van der Waals surface area contributed by atoms with Crippen LogP contribution in [0.4, 0.5) is 0 Å². The van der Waals surface area contributed by atoms with Crippen LogP contribution >= 0.6 is 0 Å². The maximum atomic E-state index is 2.69. The number of halogens is 1. The van der Waals surface area contributed by atoms with Crippen LogP contribution in [-0.4, -0.2) is 0 Å². The molecule has 0 spiro atoms. The third-order valence-corrected chi connectivity index (χ3v) is 10.7. The summed E-state index contributed by atoms with van der Waals surface area (Å²) >= 11 is -1.64. The molecule has 0 aromatic rings. The summed E-state index contributed by atoms with van der Waals surface area (Å²) in [6.07, 6.45) is 20.3. The molecule has 2 rings (SSSR count). The van der Waals surface area contributed by atoms with E-state index in [4.69, 9.17) is 0 Å². The number of hydrogen-bond donors (Lipinski definition) is 0. The molecule has 0 saturated heterocycles. The van der Waals surface area contributed by atoms with E-state index in [0.717, 1.165) is 0 Å². The second-order valence-electron chi connectivity index (χ2n) is 5.16. The van der Waals surface area contributed by atoms with E-state index in [-0.39, 0.29) is 12.4 Å². The molecule has 0 aliphatic heterocycles. The topological polar surface area (TPSA) is 0 Å². The Hall–Kier alpha value is -0.127. The zero-order valence-electron chi connectivity index (χ0n) is 12.0. The van der Waals surface area contributed by atoms with E-state index >= 15 is 0 Å². The van der Waals surface area contributed by atoms with Gasteiger partial charge in [-0.2, -0.15) is 0 Å². The largest absolute Gasteiger partial charge is 1.00 e. The molecule has 0 nitrogen and oxygen atoms in total. The molecule has 0 aromatic carbocycles. The van der Waals surface area contributed by atoms with Crippen molar-refractivity contribution in [2.45, 2.75) is 46.0 Å². The molecule has 0 bridgehead atoms. The predicted molar refractivity (Wildman–Crippen MR) is 77.0 cm³/mol.